The van der Waals surface area contributed by atoms with Gasteiger partial charge >= 0.3 is 0 Å². The smallest absolute Gasteiger partial charge is 0.253 e. The van der Waals surface area contributed by atoms with Crippen LogP contribution in [0.4, 0.5) is 4.39 Å². The van der Waals surface area contributed by atoms with Crippen LogP contribution in [0.2, 0.25) is 5.02 Å². The number of likely N-dealkylation sites (N-methyl/N-ethyl adjacent to an activating group) is 1. The van der Waals surface area contributed by atoms with E-state index in [-0.39, 0.29) is 5.91 Å². The largest absolute Gasteiger partial charge is 0.492 e. The summed E-state index contributed by atoms with van der Waals surface area (Å²) in [7, 11) is 1.65. The molecule has 2 aromatic carbocycles. The highest BCUT2D eigenvalue weighted by Crippen LogP contribution is 2.17. The van der Waals surface area contributed by atoms with Gasteiger partial charge in [0, 0.05) is 17.6 Å². The number of ether oxygens (including phenoxy) is 1. The first kappa shape index (κ1) is 15.3. The Balaban J connectivity index is 1.87. The lowest BCUT2D eigenvalue weighted by atomic mass is 10.2. The van der Waals surface area contributed by atoms with Crippen LogP contribution in [-0.2, 0) is 0 Å². The lowest BCUT2D eigenvalue weighted by molar-refractivity contribution is 0.0773. The van der Waals surface area contributed by atoms with E-state index in [1.165, 1.54) is 23.1 Å². The number of carbonyl (C=O) groups is 1. The zero-order valence-electron chi connectivity index (χ0n) is 11.6. The first-order valence-electron chi connectivity index (χ1n) is 6.45. The lowest BCUT2D eigenvalue weighted by Crippen LogP contribution is -2.30. The van der Waals surface area contributed by atoms with Crippen LogP contribution < -0.4 is 4.74 Å². The molecule has 0 heterocycles. The maximum absolute atomic E-state index is 13.1. The van der Waals surface area contributed by atoms with Gasteiger partial charge in [0.2, 0.25) is 0 Å². The van der Waals surface area contributed by atoms with Crippen molar-refractivity contribution in [3.05, 3.63) is 64.9 Å². The fraction of sp³-hybridized carbons (Fsp3) is 0.188. The summed E-state index contributed by atoms with van der Waals surface area (Å²) in [6, 6.07) is 12.7. The number of hydrogen-bond donors (Lipinski definition) is 0. The van der Waals surface area contributed by atoms with E-state index in [0.29, 0.717) is 29.5 Å². The molecule has 0 fully saturated rings. The summed E-state index contributed by atoms with van der Waals surface area (Å²) in [4.78, 5) is 13.6. The molecule has 0 aliphatic carbocycles. The number of rotatable bonds is 5. The van der Waals surface area contributed by atoms with Gasteiger partial charge in [-0.15, -0.1) is 0 Å². The monoisotopic (exact) mass is 307 g/mol. The molecular weight excluding hydrogens is 293 g/mol. The number of nitrogens with zero attached hydrogens (tertiary/aromatic N) is 1. The van der Waals surface area contributed by atoms with Gasteiger partial charge in [-0.3, -0.25) is 4.79 Å². The molecule has 1 amide bonds. The van der Waals surface area contributed by atoms with Crippen LogP contribution in [0.25, 0.3) is 0 Å². The second-order valence-corrected chi connectivity index (χ2v) is 4.98. The molecule has 3 nitrogen and oxygen atoms in total. The standard InChI is InChI=1S/C16H15ClFNO2/c1-19(16(20)12-4-2-6-14(18)10-12)8-9-21-15-7-3-5-13(17)11-15/h2-7,10-11H,8-9H2,1H3. The minimum Gasteiger partial charge on any atom is -0.492 e. The third-order valence-corrected chi connectivity index (χ3v) is 3.14. The molecule has 0 saturated carbocycles. The molecule has 0 bridgehead atoms. The predicted octanol–water partition coefficient (Wildman–Crippen LogP) is 3.63. The van der Waals surface area contributed by atoms with Crippen molar-refractivity contribution >= 4 is 17.5 Å². The third-order valence-electron chi connectivity index (χ3n) is 2.91. The number of amides is 1. The molecule has 2 aromatic rings. The highest BCUT2D eigenvalue weighted by atomic mass is 35.5. The van der Waals surface area contributed by atoms with Gasteiger partial charge in [-0.05, 0) is 36.4 Å². The zero-order chi connectivity index (χ0) is 15.2. The Kier molecular flexibility index (Phi) is 5.17. The molecule has 5 heteroatoms. The van der Waals surface area contributed by atoms with Crippen LogP contribution in [0.1, 0.15) is 10.4 Å². The molecule has 0 aliphatic heterocycles. The van der Waals surface area contributed by atoms with Crippen molar-refractivity contribution in [2.24, 2.45) is 0 Å². The van der Waals surface area contributed by atoms with Gasteiger partial charge < -0.3 is 9.64 Å². The molecule has 0 spiro atoms. The molecule has 0 atom stereocenters. The van der Waals surface area contributed by atoms with E-state index >= 15 is 0 Å². The van der Waals surface area contributed by atoms with Crippen molar-refractivity contribution in [3.8, 4) is 5.75 Å². The van der Waals surface area contributed by atoms with E-state index in [4.69, 9.17) is 16.3 Å². The average Bonchev–Trinajstić information content (AvgIpc) is 2.46. The maximum atomic E-state index is 13.1. The molecule has 0 aromatic heterocycles. The zero-order valence-corrected chi connectivity index (χ0v) is 12.3. The summed E-state index contributed by atoms with van der Waals surface area (Å²) in [6.45, 7) is 0.722. The summed E-state index contributed by atoms with van der Waals surface area (Å²) in [5.74, 6) is -0.0253. The van der Waals surface area contributed by atoms with E-state index in [1.807, 2.05) is 0 Å². The summed E-state index contributed by atoms with van der Waals surface area (Å²) < 4.78 is 18.6. The van der Waals surface area contributed by atoms with Gasteiger partial charge in [-0.2, -0.15) is 0 Å². The van der Waals surface area contributed by atoms with Crippen LogP contribution in [0.3, 0.4) is 0 Å². The van der Waals surface area contributed by atoms with Crippen molar-refractivity contribution in [1.29, 1.82) is 0 Å². The molecular formula is C16H15ClFNO2. The second kappa shape index (κ2) is 7.09. The van der Waals surface area contributed by atoms with Crippen LogP contribution in [0.5, 0.6) is 5.75 Å². The van der Waals surface area contributed by atoms with Gasteiger partial charge in [0.15, 0.2) is 0 Å². The topological polar surface area (TPSA) is 29.5 Å². The normalized spacial score (nSPS) is 10.2. The molecule has 0 radical (unpaired) electrons. The maximum Gasteiger partial charge on any atom is 0.253 e. The quantitative estimate of drug-likeness (QED) is 0.844. The van der Waals surface area contributed by atoms with Gasteiger partial charge in [0.1, 0.15) is 18.2 Å². The SMILES string of the molecule is CN(CCOc1cccc(Cl)c1)C(=O)c1cccc(F)c1. The van der Waals surface area contributed by atoms with Crippen LogP contribution in [-0.4, -0.2) is 31.0 Å². The molecule has 21 heavy (non-hydrogen) atoms. The number of carbonyl (C=O) groups excluding carboxylic acids is 1. The Labute approximate surface area is 127 Å². The molecule has 0 N–H and O–H groups in total. The minimum absolute atomic E-state index is 0.246. The summed E-state index contributed by atoms with van der Waals surface area (Å²) in [6.07, 6.45) is 0. The van der Waals surface area contributed by atoms with Crippen LogP contribution in [0, 0.1) is 5.82 Å². The van der Waals surface area contributed by atoms with Gasteiger partial charge in [0.25, 0.3) is 5.91 Å². The highest BCUT2D eigenvalue weighted by Gasteiger charge is 2.12. The minimum atomic E-state index is -0.426. The van der Waals surface area contributed by atoms with Crippen LogP contribution >= 0.6 is 11.6 Å². The van der Waals surface area contributed by atoms with Gasteiger partial charge in [-0.25, -0.2) is 4.39 Å². The fourth-order valence-electron chi connectivity index (χ4n) is 1.80. The predicted molar refractivity (Wildman–Crippen MR) is 80.3 cm³/mol. The van der Waals surface area contributed by atoms with E-state index in [0.717, 1.165) is 0 Å². The van der Waals surface area contributed by atoms with Crippen molar-refractivity contribution < 1.29 is 13.9 Å². The molecule has 0 aliphatic rings. The van der Waals surface area contributed by atoms with Gasteiger partial charge in [0.05, 0.1) is 6.54 Å². The number of benzene rings is 2. The van der Waals surface area contributed by atoms with Crippen molar-refractivity contribution in [1.82, 2.24) is 4.90 Å². The Morgan fingerprint density at radius 3 is 2.71 bits per heavy atom. The molecule has 110 valence electrons. The fourth-order valence-corrected chi connectivity index (χ4v) is 1.98. The Bertz CT molecular complexity index is 633. The van der Waals surface area contributed by atoms with Crippen molar-refractivity contribution in [3.63, 3.8) is 0 Å². The van der Waals surface area contributed by atoms with E-state index in [1.54, 1.807) is 37.4 Å². The lowest BCUT2D eigenvalue weighted by Gasteiger charge is -2.17. The number of halogens is 2. The van der Waals surface area contributed by atoms with Crippen LogP contribution in [0.15, 0.2) is 48.5 Å². The average molecular weight is 308 g/mol. The Hall–Kier alpha value is -2.07. The molecule has 0 saturated heterocycles. The Morgan fingerprint density at radius 2 is 2.00 bits per heavy atom. The van der Waals surface area contributed by atoms with E-state index in [9.17, 15) is 9.18 Å². The summed E-state index contributed by atoms with van der Waals surface area (Å²) in [5.41, 5.74) is 0.320. The molecule has 0 unspecified atom stereocenters. The number of hydrogen-bond acceptors (Lipinski definition) is 2. The summed E-state index contributed by atoms with van der Waals surface area (Å²) in [5, 5.41) is 0.594. The first-order chi connectivity index (χ1) is 10.1. The van der Waals surface area contributed by atoms with E-state index < -0.39 is 5.82 Å². The third kappa shape index (κ3) is 4.46. The highest BCUT2D eigenvalue weighted by molar-refractivity contribution is 6.30. The first-order valence-corrected chi connectivity index (χ1v) is 6.83. The summed E-state index contributed by atoms with van der Waals surface area (Å²) >= 11 is 5.85. The Morgan fingerprint density at radius 1 is 1.24 bits per heavy atom. The second-order valence-electron chi connectivity index (χ2n) is 4.54. The molecule has 2 rings (SSSR count). The van der Waals surface area contributed by atoms with E-state index in [2.05, 4.69) is 0 Å². The van der Waals surface area contributed by atoms with Crippen molar-refractivity contribution in [2.45, 2.75) is 0 Å². The van der Waals surface area contributed by atoms with Crippen molar-refractivity contribution in [2.75, 3.05) is 20.2 Å². The van der Waals surface area contributed by atoms with Gasteiger partial charge in [-0.1, -0.05) is 23.7 Å².